The molecule has 3 rings (SSSR count). The maximum atomic E-state index is 14.4. The van der Waals surface area contributed by atoms with Crippen molar-refractivity contribution in [2.45, 2.75) is 23.9 Å². The van der Waals surface area contributed by atoms with Gasteiger partial charge in [-0.2, -0.15) is 23.3 Å². The summed E-state index contributed by atoms with van der Waals surface area (Å²) in [4.78, 5) is 15.7. The Kier molecular flexibility index (Phi) is 7.36. The Bertz CT molecular complexity index is 990. The predicted octanol–water partition coefficient (Wildman–Crippen LogP) is 4.50. The highest BCUT2D eigenvalue weighted by Gasteiger charge is 2.49. The fraction of sp³-hybridized carbons (Fsp3) is 0.300. The Labute approximate surface area is 184 Å². The smallest absolute Gasteiger partial charge is 0.396 e. The van der Waals surface area contributed by atoms with Crippen molar-refractivity contribution < 1.29 is 36.7 Å². The van der Waals surface area contributed by atoms with Crippen LogP contribution in [-0.2, 0) is 9.71 Å². The number of hydrazone groups is 1. The molecule has 1 unspecified atom stereocenters. The number of carbonyl (C=O) groups is 1. The second-order valence-electron chi connectivity index (χ2n) is 6.73. The Hall–Kier alpha value is -2.70. The third-order valence-electron chi connectivity index (χ3n) is 4.44. The van der Waals surface area contributed by atoms with Crippen LogP contribution < -0.4 is 5.48 Å². The van der Waals surface area contributed by atoms with E-state index in [1.165, 1.54) is 0 Å². The van der Waals surface area contributed by atoms with Crippen molar-refractivity contribution in [3.63, 3.8) is 0 Å². The summed E-state index contributed by atoms with van der Waals surface area (Å²) in [6.45, 7) is -1.98. The third-order valence-corrected chi connectivity index (χ3v) is 5.89. The van der Waals surface area contributed by atoms with Crippen molar-refractivity contribution in [1.29, 1.82) is 0 Å². The topological polar surface area (TPSA) is 74.2 Å². The number of amides is 2. The lowest BCUT2D eigenvalue weighted by atomic mass is 10.0. The molecule has 0 fully saturated rings. The molecule has 2 amide bonds. The van der Waals surface area contributed by atoms with E-state index < -0.39 is 35.3 Å². The van der Waals surface area contributed by atoms with Gasteiger partial charge >= 0.3 is 12.2 Å². The van der Waals surface area contributed by atoms with Crippen LogP contribution in [0.3, 0.4) is 0 Å². The summed E-state index contributed by atoms with van der Waals surface area (Å²) in [5.41, 5.74) is 1.99. The first-order chi connectivity index (χ1) is 15.2. The number of rotatable bonds is 7. The number of thioether (sulfide) groups is 1. The monoisotopic (exact) mass is 475 g/mol. The van der Waals surface area contributed by atoms with E-state index in [2.05, 4.69) is 9.94 Å². The number of aliphatic hydroxyl groups excluding tert-OH is 1. The van der Waals surface area contributed by atoms with Gasteiger partial charge in [0, 0.05) is 12.2 Å². The third kappa shape index (κ3) is 5.37. The zero-order valence-corrected chi connectivity index (χ0v) is 17.2. The Morgan fingerprint density at radius 2 is 1.91 bits per heavy atom. The number of aliphatic hydroxyl groups is 1. The molecule has 2 N–H and O–H groups in total. The summed E-state index contributed by atoms with van der Waals surface area (Å²) in [5, 5.41) is 14.3. The van der Waals surface area contributed by atoms with Gasteiger partial charge in [0.25, 0.3) is 0 Å². The van der Waals surface area contributed by atoms with Gasteiger partial charge in [-0.1, -0.05) is 42.1 Å². The molecule has 1 atom stereocenters. The number of hydrogen-bond donors (Lipinski definition) is 2. The summed E-state index contributed by atoms with van der Waals surface area (Å²) < 4.78 is 65.4. The van der Waals surface area contributed by atoms with E-state index >= 15 is 0 Å². The van der Waals surface area contributed by atoms with E-state index in [1.807, 2.05) is 0 Å². The number of hydrogen-bond acceptors (Lipinski definition) is 5. The van der Waals surface area contributed by atoms with Crippen LogP contribution in [-0.4, -0.2) is 40.6 Å². The first kappa shape index (κ1) is 24.0. The van der Waals surface area contributed by atoms with Gasteiger partial charge in [0.05, 0.1) is 0 Å². The second kappa shape index (κ2) is 9.84. The van der Waals surface area contributed by atoms with Crippen molar-refractivity contribution in [3.05, 3.63) is 71.3 Å². The number of urea groups is 1. The minimum absolute atomic E-state index is 0.0604. The highest BCUT2D eigenvalue weighted by molar-refractivity contribution is 8.15. The molecule has 0 bridgehead atoms. The minimum Gasteiger partial charge on any atom is -0.396 e. The first-order valence-electron chi connectivity index (χ1n) is 9.34. The Morgan fingerprint density at radius 1 is 1.19 bits per heavy atom. The molecule has 6 nitrogen and oxygen atoms in total. The van der Waals surface area contributed by atoms with E-state index in [0.29, 0.717) is 5.56 Å². The fourth-order valence-corrected chi connectivity index (χ4v) is 4.52. The van der Waals surface area contributed by atoms with E-state index in [0.717, 1.165) is 35.0 Å². The number of alkyl halides is 3. The van der Waals surface area contributed by atoms with Gasteiger partial charge in [0.2, 0.25) is 0 Å². The van der Waals surface area contributed by atoms with Crippen LogP contribution in [0.25, 0.3) is 0 Å². The number of halogens is 5. The number of carbonyl (C=O) groups excluding carboxylic acids is 1. The summed E-state index contributed by atoms with van der Waals surface area (Å²) >= 11 is 0.922. The highest BCUT2D eigenvalue weighted by Crippen LogP contribution is 2.50. The molecule has 1 heterocycles. The summed E-state index contributed by atoms with van der Waals surface area (Å²) in [7, 11) is 0. The SMILES string of the molecule is O=C(NOCC(F)(F)F)N1N=C(c2cc(F)ccc2F)SC1(CCCO)c1ccccc1. The molecule has 1 aliphatic rings. The van der Waals surface area contributed by atoms with E-state index in [1.54, 1.807) is 35.8 Å². The lowest BCUT2D eigenvalue weighted by Crippen LogP contribution is -2.47. The average molecular weight is 475 g/mol. The molecule has 0 aliphatic carbocycles. The van der Waals surface area contributed by atoms with E-state index in [-0.39, 0.29) is 30.1 Å². The van der Waals surface area contributed by atoms with Crippen molar-refractivity contribution in [3.8, 4) is 0 Å². The van der Waals surface area contributed by atoms with Crippen molar-refractivity contribution in [2.75, 3.05) is 13.2 Å². The van der Waals surface area contributed by atoms with Crippen molar-refractivity contribution in [1.82, 2.24) is 10.5 Å². The number of nitrogens with one attached hydrogen (secondary N) is 1. The van der Waals surface area contributed by atoms with Crippen LogP contribution >= 0.6 is 11.8 Å². The maximum absolute atomic E-state index is 14.4. The molecule has 1 aliphatic heterocycles. The van der Waals surface area contributed by atoms with Gasteiger partial charge in [-0.3, -0.25) is 4.84 Å². The van der Waals surface area contributed by atoms with E-state index in [4.69, 9.17) is 0 Å². The summed E-state index contributed by atoms with van der Waals surface area (Å²) in [6, 6.07) is 9.96. The van der Waals surface area contributed by atoms with Crippen LogP contribution in [0, 0.1) is 11.6 Å². The number of hydroxylamine groups is 1. The molecule has 2 aromatic carbocycles. The zero-order chi connectivity index (χ0) is 23.4. The van der Waals surface area contributed by atoms with Gasteiger partial charge < -0.3 is 5.11 Å². The molecular formula is C20H18F5N3O3S. The van der Waals surface area contributed by atoms with Gasteiger partial charge in [0.1, 0.15) is 21.5 Å². The van der Waals surface area contributed by atoms with Gasteiger partial charge in [-0.25, -0.2) is 19.1 Å². The van der Waals surface area contributed by atoms with Crippen LogP contribution in [0.2, 0.25) is 0 Å². The predicted molar refractivity (Wildman–Crippen MR) is 107 cm³/mol. The molecule has 0 saturated carbocycles. The van der Waals surface area contributed by atoms with Crippen LogP contribution in [0.1, 0.15) is 24.0 Å². The van der Waals surface area contributed by atoms with Gasteiger partial charge in [-0.05, 0) is 36.6 Å². The molecule has 0 spiro atoms. The van der Waals surface area contributed by atoms with Crippen molar-refractivity contribution in [2.24, 2.45) is 5.10 Å². The maximum Gasteiger partial charge on any atom is 0.414 e. The summed E-state index contributed by atoms with van der Waals surface area (Å²) in [5.74, 6) is -1.53. The molecule has 32 heavy (non-hydrogen) atoms. The standard InChI is InChI=1S/C20H18F5N3O3S/c21-14-7-8-16(22)15(11-14)17-26-28(18(30)27-31-12-20(23,24)25)19(32-17,9-4-10-29)13-5-2-1-3-6-13/h1-3,5-8,11,29H,4,9-10,12H2,(H,27,30). The average Bonchev–Trinajstić information content (AvgIpc) is 3.14. The van der Waals surface area contributed by atoms with Crippen LogP contribution in [0.15, 0.2) is 53.6 Å². The molecule has 0 aromatic heterocycles. The highest BCUT2D eigenvalue weighted by atomic mass is 32.2. The van der Waals surface area contributed by atoms with Crippen molar-refractivity contribution >= 4 is 22.8 Å². The van der Waals surface area contributed by atoms with Gasteiger partial charge in [0.15, 0.2) is 6.61 Å². The van der Waals surface area contributed by atoms with Crippen LogP contribution in [0.4, 0.5) is 26.7 Å². The summed E-state index contributed by atoms with van der Waals surface area (Å²) in [6.07, 6.45) is -4.39. The molecule has 12 heteroatoms. The number of benzene rings is 2. The lowest BCUT2D eigenvalue weighted by Gasteiger charge is -2.35. The first-order valence-corrected chi connectivity index (χ1v) is 10.2. The minimum atomic E-state index is -4.68. The van der Waals surface area contributed by atoms with Gasteiger partial charge in [-0.15, -0.1) is 0 Å². The quantitative estimate of drug-likeness (QED) is 0.457. The van der Waals surface area contributed by atoms with Crippen LogP contribution in [0.5, 0.6) is 0 Å². The Balaban J connectivity index is 2.03. The number of nitrogens with zero attached hydrogens (tertiary/aromatic N) is 2. The molecule has 0 saturated heterocycles. The molecule has 172 valence electrons. The lowest BCUT2D eigenvalue weighted by molar-refractivity contribution is -0.185. The zero-order valence-electron chi connectivity index (χ0n) is 16.4. The fourth-order valence-electron chi connectivity index (χ4n) is 3.10. The molecular weight excluding hydrogens is 457 g/mol. The normalized spacial score (nSPS) is 18.6. The molecule has 2 aromatic rings. The largest absolute Gasteiger partial charge is 0.414 e. The molecule has 0 radical (unpaired) electrons. The Morgan fingerprint density at radius 3 is 2.56 bits per heavy atom. The second-order valence-corrected chi connectivity index (χ2v) is 8.00. The van der Waals surface area contributed by atoms with E-state index in [9.17, 15) is 31.9 Å².